The number of anilines is 1. The van der Waals surface area contributed by atoms with E-state index in [1.54, 1.807) is 6.20 Å². The number of aromatic nitrogens is 2. The van der Waals surface area contributed by atoms with Crippen LogP contribution in [0, 0.1) is 0 Å². The van der Waals surface area contributed by atoms with Gasteiger partial charge in [-0.3, -0.25) is 4.79 Å². The van der Waals surface area contributed by atoms with Gasteiger partial charge < -0.3 is 15.2 Å². The molecule has 0 saturated carbocycles. The van der Waals surface area contributed by atoms with Crippen LogP contribution in [0.2, 0.25) is 0 Å². The number of rotatable bonds is 7. The Balaban J connectivity index is 1.40. The van der Waals surface area contributed by atoms with Crippen molar-refractivity contribution in [1.29, 1.82) is 0 Å². The van der Waals surface area contributed by atoms with E-state index in [0.717, 1.165) is 35.5 Å². The first-order valence-corrected chi connectivity index (χ1v) is 11.7. The Bertz CT molecular complexity index is 1510. The van der Waals surface area contributed by atoms with Gasteiger partial charge in [0.25, 0.3) is 5.56 Å². The van der Waals surface area contributed by atoms with Crippen LogP contribution in [0.1, 0.15) is 11.1 Å². The Morgan fingerprint density at radius 1 is 0.800 bits per heavy atom. The van der Waals surface area contributed by atoms with Crippen LogP contribution in [0.3, 0.4) is 0 Å². The average Bonchev–Trinajstić information content (AvgIpc) is 2.89. The largest absolute Gasteiger partial charge is 0.378 e. The van der Waals surface area contributed by atoms with Crippen molar-refractivity contribution in [3.8, 4) is 22.4 Å². The number of nitrogens with one attached hydrogen (secondary N) is 2. The predicted octanol–water partition coefficient (Wildman–Crippen LogP) is 5.61. The molecule has 5 heteroatoms. The maximum atomic E-state index is 12.4. The van der Waals surface area contributed by atoms with Crippen LogP contribution in [0.4, 0.5) is 5.69 Å². The average molecular weight is 461 g/mol. The van der Waals surface area contributed by atoms with Crippen LogP contribution in [-0.2, 0) is 13.1 Å². The van der Waals surface area contributed by atoms with Gasteiger partial charge in [0, 0.05) is 50.2 Å². The van der Waals surface area contributed by atoms with Crippen molar-refractivity contribution in [2.75, 3.05) is 19.0 Å². The fraction of sp³-hybridized carbons (Fsp3) is 0.133. The number of pyridine rings is 2. The fourth-order valence-corrected chi connectivity index (χ4v) is 4.24. The molecule has 0 radical (unpaired) electrons. The van der Waals surface area contributed by atoms with Crippen molar-refractivity contribution in [3.05, 3.63) is 119 Å². The molecule has 0 saturated heterocycles. The van der Waals surface area contributed by atoms with Gasteiger partial charge in [0.2, 0.25) is 0 Å². The number of H-pyrrole nitrogens is 1. The molecule has 0 aliphatic carbocycles. The zero-order valence-electron chi connectivity index (χ0n) is 20.0. The lowest BCUT2D eigenvalue weighted by Gasteiger charge is -2.14. The quantitative estimate of drug-likeness (QED) is 0.331. The second-order valence-electron chi connectivity index (χ2n) is 8.85. The summed E-state index contributed by atoms with van der Waals surface area (Å²) in [5.41, 5.74) is 8.10. The summed E-state index contributed by atoms with van der Waals surface area (Å²) in [4.78, 5) is 22.2. The summed E-state index contributed by atoms with van der Waals surface area (Å²) < 4.78 is 0. The molecule has 0 aliphatic rings. The molecular weight excluding hydrogens is 432 g/mol. The zero-order valence-corrected chi connectivity index (χ0v) is 20.0. The maximum absolute atomic E-state index is 12.4. The fourth-order valence-electron chi connectivity index (χ4n) is 4.24. The molecule has 35 heavy (non-hydrogen) atoms. The van der Waals surface area contributed by atoms with E-state index in [1.807, 2.05) is 42.5 Å². The van der Waals surface area contributed by atoms with E-state index in [0.29, 0.717) is 10.9 Å². The SMILES string of the molecule is CN(C)c1cccc(CNCc2ccc(-c3nc4cc[nH]c(=O)c4cc3-c3ccccc3)cc2)c1. The molecule has 2 heterocycles. The van der Waals surface area contributed by atoms with E-state index in [-0.39, 0.29) is 5.56 Å². The third-order valence-electron chi connectivity index (χ3n) is 6.15. The zero-order chi connectivity index (χ0) is 24.2. The molecule has 0 fully saturated rings. The normalized spacial score (nSPS) is 11.0. The van der Waals surface area contributed by atoms with E-state index in [4.69, 9.17) is 4.98 Å². The minimum atomic E-state index is -0.128. The molecule has 0 spiro atoms. The van der Waals surface area contributed by atoms with Crippen LogP contribution in [0.5, 0.6) is 0 Å². The van der Waals surface area contributed by atoms with Crippen molar-refractivity contribution in [1.82, 2.24) is 15.3 Å². The maximum Gasteiger partial charge on any atom is 0.257 e. The molecule has 174 valence electrons. The number of benzene rings is 3. The Hall–Kier alpha value is -4.22. The van der Waals surface area contributed by atoms with E-state index in [1.165, 1.54) is 16.8 Å². The highest BCUT2D eigenvalue weighted by atomic mass is 16.1. The summed E-state index contributed by atoms with van der Waals surface area (Å²) in [6.45, 7) is 1.58. The predicted molar refractivity (Wildman–Crippen MR) is 145 cm³/mol. The van der Waals surface area contributed by atoms with Gasteiger partial charge in [0.1, 0.15) is 0 Å². The first kappa shape index (κ1) is 22.6. The number of hydrogen-bond donors (Lipinski definition) is 2. The second-order valence-corrected chi connectivity index (χ2v) is 8.85. The minimum absolute atomic E-state index is 0.128. The van der Waals surface area contributed by atoms with Crippen LogP contribution in [0.15, 0.2) is 102 Å². The standard InChI is InChI=1S/C30H28N4O/c1-34(2)25-10-6-7-22(17-25)20-31-19-21-11-13-24(14-12-21)29-26(23-8-4-3-5-9-23)18-27-28(33-29)15-16-32-30(27)35/h3-18,31H,19-20H2,1-2H3,(H,32,35). The number of hydrogen-bond acceptors (Lipinski definition) is 4. The summed E-state index contributed by atoms with van der Waals surface area (Å²) in [6, 6.07) is 30.9. The lowest BCUT2D eigenvalue weighted by molar-refractivity contribution is 0.693. The van der Waals surface area contributed by atoms with Crippen molar-refractivity contribution < 1.29 is 0 Å². The lowest BCUT2D eigenvalue weighted by atomic mass is 9.97. The molecule has 0 atom stereocenters. The van der Waals surface area contributed by atoms with E-state index >= 15 is 0 Å². The van der Waals surface area contributed by atoms with E-state index in [9.17, 15) is 4.79 Å². The van der Waals surface area contributed by atoms with Crippen LogP contribution in [0.25, 0.3) is 33.3 Å². The molecule has 2 N–H and O–H groups in total. The Kier molecular flexibility index (Phi) is 6.42. The second kappa shape index (κ2) is 9.95. The molecule has 0 bridgehead atoms. The van der Waals surface area contributed by atoms with Gasteiger partial charge in [-0.15, -0.1) is 0 Å². The van der Waals surface area contributed by atoms with Gasteiger partial charge >= 0.3 is 0 Å². The van der Waals surface area contributed by atoms with Gasteiger partial charge in [-0.25, -0.2) is 4.98 Å². The molecule has 5 rings (SSSR count). The van der Waals surface area contributed by atoms with Gasteiger partial charge in [-0.2, -0.15) is 0 Å². The highest BCUT2D eigenvalue weighted by Crippen LogP contribution is 2.32. The van der Waals surface area contributed by atoms with Gasteiger partial charge in [0.15, 0.2) is 0 Å². The van der Waals surface area contributed by atoms with E-state index < -0.39 is 0 Å². The molecule has 0 amide bonds. The monoisotopic (exact) mass is 460 g/mol. The summed E-state index contributed by atoms with van der Waals surface area (Å²) in [7, 11) is 4.11. The summed E-state index contributed by atoms with van der Waals surface area (Å²) in [5, 5.41) is 4.13. The van der Waals surface area contributed by atoms with Gasteiger partial charge in [0.05, 0.1) is 16.6 Å². The molecular formula is C30H28N4O. The topological polar surface area (TPSA) is 61.0 Å². The van der Waals surface area contributed by atoms with E-state index in [2.05, 4.69) is 77.8 Å². The highest BCUT2D eigenvalue weighted by molar-refractivity contribution is 5.91. The first-order valence-electron chi connectivity index (χ1n) is 11.7. The van der Waals surface area contributed by atoms with Crippen LogP contribution < -0.4 is 15.8 Å². The Morgan fingerprint density at radius 3 is 2.34 bits per heavy atom. The molecule has 3 aromatic carbocycles. The van der Waals surface area contributed by atoms with Gasteiger partial charge in [-0.05, 0) is 41.0 Å². The van der Waals surface area contributed by atoms with Crippen molar-refractivity contribution in [3.63, 3.8) is 0 Å². The van der Waals surface area contributed by atoms with Crippen LogP contribution >= 0.6 is 0 Å². The molecule has 2 aromatic heterocycles. The van der Waals surface area contributed by atoms with Crippen molar-refractivity contribution >= 4 is 16.6 Å². The molecule has 0 unspecified atom stereocenters. The highest BCUT2D eigenvalue weighted by Gasteiger charge is 2.13. The van der Waals surface area contributed by atoms with Crippen LogP contribution in [-0.4, -0.2) is 24.1 Å². The third-order valence-corrected chi connectivity index (χ3v) is 6.15. The molecule has 5 aromatic rings. The summed E-state index contributed by atoms with van der Waals surface area (Å²) in [6.07, 6.45) is 1.65. The van der Waals surface area contributed by atoms with Crippen molar-refractivity contribution in [2.45, 2.75) is 13.1 Å². The first-order chi connectivity index (χ1) is 17.1. The number of fused-ring (bicyclic) bond motifs is 1. The Morgan fingerprint density at radius 2 is 1.57 bits per heavy atom. The van der Waals surface area contributed by atoms with Crippen molar-refractivity contribution in [2.24, 2.45) is 0 Å². The smallest absolute Gasteiger partial charge is 0.257 e. The molecule has 0 aliphatic heterocycles. The summed E-state index contributed by atoms with van der Waals surface area (Å²) >= 11 is 0. The Labute approximate surface area is 205 Å². The lowest BCUT2D eigenvalue weighted by Crippen LogP contribution is -2.14. The molecule has 5 nitrogen and oxygen atoms in total. The third kappa shape index (κ3) is 5.00. The minimum Gasteiger partial charge on any atom is -0.378 e. The number of aromatic amines is 1. The number of nitrogens with zero attached hydrogens (tertiary/aromatic N) is 2. The summed E-state index contributed by atoms with van der Waals surface area (Å²) in [5.74, 6) is 0. The van der Waals surface area contributed by atoms with Gasteiger partial charge in [-0.1, -0.05) is 66.7 Å².